The highest BCUT2D eigenvalue weighted by molar-refractivity contribution is 5.74. The second-order valence-electron chi connectivity index (χ2n) is 23.0. The number of aliphatic carboxylic acids is 10. The van der Waals surface area contributed by atoms with Crippen molar-refractivity contribution in [1.82, 2.24) is 61.5 Å². The number of rotatable bonds is 35. The molecule has 0 fully saturated rings. The average molecular weight is 1760 g/mol. The summed E-state index contributed by atoms with van der Waals surface area (Å²) in [5.74, 6) is -17.8. The second-order valence-corrected chi connectivity index (χ2v) is 23.0. The number of halogens is 2. The van der Waals surface area contributed by atoms with Gasteiger partial charge in [0.15, 0.2) is 90.9 Å². The Kier molecular flexibility index (Phi) is 54.5. The molecule has 0 aliphatic heterocycles. The summed E-state index contributed by atoms with van der Waals surface area (Å²) in [7, 11) is 0. The van der Waals surface area contributed by atoms with E-state index >= 15 is 0 Å². The molecule has 10 aliphatic carbocycles. The molecule has 0 unspecified atom stereocenters. The summed E-state index contributed by atoms with van der Waals surface area (Å²) in [4.78, 5) is 121. The monoisotopic (exact) mass is 1760 g/mol. The van der Waals surface area contributed by atoms with Gasteiger partial charge in [-0.1, -0.05) is 0 Å². The van der Waals surface area contributed by atoms with Crippen molar-refractivity contribution in [2.75, 3.05) is 66.1 Å². The molecule has 5 aromatic carbocycles. The van der Waals surface area contributed by atoms with E-state index in [9.17, 15) is 99.0 Å². The van der Waals surface area contributed by atoms with Gasteiger partial charge in [-0.15, -0.1) is 0 Å². The zero-order chi connectivity index (χ0) is 74.9. The van der Waals surface area contributed by atoms with Crippen LogP contribution in [0, 0.1) is 13.8 Å². The quantitative estimate of drug-likeness (QED) is 0.0191. The average Bonchev–Trinajstić information content (AvgIpc) is 1.34. The van der Waals surface area contributed by atoms with E-state index in [2.05, 4.69) is 72.0 Å². The smallest absolute Gasteiger partial charge is 0.341 e. The Balaban J connectivity index is -0.000000871. The third-order valence-corrected chi connectivity index (χ3v) is 14.7. The van der Waals surface area contributed by atoms with E-state index in [1.54, 1.807) is 0 Å². The molecule has 0 spiro atoms. The van der Waals surface area contributed by atoms with Crippen LogP contribution in [0.4, 0.5) is 0 Å². The second kappa shape index (κ2) is 55.2. The number of carboxylic acids is 10. The Hall–Kier alpha value is -12.3. The minimum Gasteiger partial charge on any atom is -1.00 e. The molecule has 0 saturated heterocycles. The van der Waals surface area contributed by atoms with E-state index in [0.717, 1.165) is 13.1 Å². The number of aromatic nitrogens is 2. The number of unbranched alkanes of at least 4 members (excludes halogenated alkanes) is 1. The molecule has 10 bridgehead atoms. The molecule has 10 aliphatic rings. The van der Waals surface area contributed by atoms with Crippen molar-refractivity contribution in [3.63, 3.8) is 0 Å². The predicted octanol–water partition coefficient (Wildman–Crippen LogP) is 0.575. The van der Waals surface area contributed by atoms with Crippen molar-refractivity contribution in [3.8, 4) is 57.5 Å². The number of benzene rings is 5. The van der Waals surface area contributed by atoms with Crippen LogP contribution in [0.2, 0.25) is 0 Å². The van der Waals surface area contributed by atoms with E-state index in [0.29, 0.717) is 0 Å². The summed E-state index contributed by atoms with van der Waals surface area (Å²) in [6.45, 7) is -3.83. The molecule has 42 nitrogen and oxygen atoms in total. The molecular formula is C71H102Br2N12O30. The molecule has 640 valence electrons. The van der Waals surface area contributed by atoms with Gasteiger partial charge in [-0.05, 0) is 86.6 Å². The third-order valence-electron chi connectivity index (χ3n) is 14.7. The highest BCUT2D eigenvalue weighted by atomic mass is 79.9. The summed E-state index contributed by atoms with van der Waals surface area (Å²) < 4.78 is 62.1. The van der Waals surface area contributed by atoms with Gasteiger partial charge >= 0.3 is 59.7 Å². The first-order valence-electron chi connectivity index (χ1n) is 31.2. The van der Waals surface area contributed by atoms with E-state index in [4.69, 9.17) is 47.4 Å². The van der Waals surface area contributed by atoms with Gasteiger partial charge in [0.25, 0.3) is 0 Å². The predicted molar refractivity (Wildman–Crippen MR) is 400 cm³/mol. The molecule has 2 aromatic heterocycles. The lowest BCUT2D eigenvalue weighted by Gasteiger charge is -2.21. The number of hydrogen-bond acceptors (Lipinski definition) is 30. The van der Waals surface area contributed by atoms with Crippen molar-refractivity contribution >= 4 is 59.7 Å². The zero-order valence-corrected chi connectivity index (χ0v) is 66.4. The number of hydrogen-bond donors (Lipinski definition) is 20. The number of carboxylic acid groups (broad SMARTS) is 10. The molecule has 17 rings (SSSR count). The summed E-state index contributed by atoms with van der Waals surface area (Å²) in [5.41, 5.74) is 2.32. The van der Waals surface area contributed by atoms with E-state index in [1.165, 1.54) is 84.6 Å². The van der Waals surface area contributed by atoms with Crippen LogP contribution in [0.15, 0.2) is 110 Å². The Morgan fingerprint density at radius 3 is 0.504 bits per heavy atom. The Bertz CT molecular complexity index is 3590. The van der Waals surface area contributed by atoms with Crippen molar-refractivity contribution < 1.29 is 189 Å². The van der Waals surface area contributed by atoms with Crippen LogP contribution in [-0.2, 0) is 93.1 Å². The lowest BCUT2D eigenvalue weighted by atomic mass is 9.94. The minimum atomic E-state index is -1.50. The Labute approximate surface area is 679 Å². The molecule has 40 N–H and O–H groups in total. The maximum absolute atomic E-state index is 12.1. The highest BCUT2D eigenvalue weighted by Crippen LogP contribution is 2.43. The molecule has 0 amide bonds. The molecule has 7 aromatic rings. The van der Waals surface area contributed by atoms with Crippen LogP contribution in [0.3, 0.4) is 0 Å². The molecular weight excluding hydrogens is 1660 g/mol. The van der Waals surface area contributed by atoms with Crippen LogP contribution in [0.1, 0.15) is 79.6 Å². The number of carbonyl (C=O) groups is 10. The van der Waals surface area contributed by atoms with Crippen molar-refractivity contribution in [1.29, 1.82) is 0 Å². The van der Waals surface area contributed by atoms with E-state index in [1.807, 2.05) is 0 Å². The molecule has 0 saturated carbocycles. The fraction of sp³-hybridized carbons (Fsp3) is 0.296. The Morgan fingerprint density at radius 1 is 0.261 bits per heavy atom. The normalized spacial score (nSPS) is 10.2. The minimum absolute atomic E-state index is 0. The van der Waals surface area contributed by atoms with Gasteiger partial charge in [0.1, 0.15) is 70.6 Å². The topological polar surface area (TPSA) is 823 Å². The summed E-state index contributed by atoms with van der Waals surface area (Å²) in [5, 5.41) is 98.0. The van der Waals surface area contributed by atoms with Gasteiger partial charge in [-0.25, -0.2) is 57.1 Å². The molecule has 0 atom stereocenters. The number of pyridine rings is 2. The summed E-state index contributed by atoms with van der Waals surface area (Å²) in [6, 6.07) is 20.6. The van der Waals surface area contributed by atoms with Crippen LogP contribution in [-0.4, -0.2) is 177 Å². The van der Waals surface area contributed by atoms with Gasteiger partial charge in [-0.2, -0.15) is 0 Å². The van der Waals surface area contributed by atoms with Crippen LogP contribution >= 0.6 is 0 Å². The standard InChI is InChI=1S/C55H50O30.C16H22N2.2BrH.10H3N/c56-46(57)16-76-36-8-28-2-30-10-42(82-22-52(68)69)32(12-40(30)80-20-50(64)65)4-34-14-45(85-25-55(74)75)35(15-44(34)84-24-54(72)73)5-33-13-41(81-21-51(66)67)31(11-43(33)83-23-53(70)71)3-29-9-37(77-17-47(58)59)27(7-39(29)79-19-49(62)63)1-26(36)6-38(28)78-18-48(60)61;1-15-7-5-11-17(13-15)9-3-4-10-18-12-6-8-16(2)14-18;;;;;;;;;;;;/h6-15H,1-5,16-25H2,(H,56,57)(H,58,59)(H,60,61)(H,62,63)(H,64,65)(H,66,67)(H,68,69)(H,70,71)(H,72,73)(H,74,75);5-8,11-14H,3-4,9-10H2,1-2H3;2*1H;10*1H3/q;+2;;;;;;;;;;;;/p-2. The van der Waals surface area contributed by atoms with Crippen molar-refractivity contribution in [2.24, 2.45) is 0 Å². The maximum Gasteiger partial charge on any atom is 0.341 e. The molecule has 44 heteroatoms. The van der Waals surface area contributed by atoms with Crippen LogP contribution in [0.25, 0.3) is 0 Å². The van der Waals surface area contributed by atoms with E-state index < -0.39 is 158 Å². The SMILES string of the molecule is Cc1ccc[n+](CCCC[n+]2cccc(C)c2)c1.N.N.N.N.N.N.N.N.N.N.O=C(O)COc1cc2c(OCC(=O)O)cc1Cc1cc(OCC(=O)O)c(cc1OCC(=O)O)Cc1cc(OCC(=O)O)c(cc1OCC(=O)O)Cc1cc(OCC(=O)O)c(cc1OCC(=O)O)Cc1cc(OCC(=O)O)c(cc1OCC(=O)O)C2.[Br-].[Br-]. The van der Waals surface area contributed by atoms with Gasteiger partial charge in [0, 0.05) is 124 Å². The van der Waals surface area contributed by atoms with E-state index in [-0.39, 0.29) is 209 Å². The fourth-order valence-corrected chi connectivity index (χ4v) is 10.5. The Morgan fingerprint density at radius 2 is 0.391 bits per heavy atom. The molecule has 0 radical (unpaired) electrons. The zero-order valence-electron chi connectivity index (χ0n) is 63.2. The summed E-state index contributed by atoms with van der Waals surface area (Å²) >= 11 is 0. The molecule has 2 heterocycles. The number of aryl methyl sites for hydroxylation is 4. The fourth-order valence-electron chi connectivity index (χ4n) is 10.5. The highest BCUT2D eigenvalue weighted by Gasteiger charge is 2.27. The van der Waals surface area contributed by atoms with Gasteiger partial charge in [-0.3, -0.25) is 0 Å². The third kappa shape index (κ3) is 37.2. The largest absolute Gasteiger partial charge is 1.00 e. The summed E-state index contributed by atoms with van der Waals surface area (Å²) in [6.07, 6.45) is 8.77. The lowest BCUT2D eigenvalue weighted by molar-refractivity contribution is -0.708. The van der Waals surface area contributed by atoms with Crippen LogP contribution < -0.4 is 152 Å². The lowest BCUT2D eigenvalue weighted by Crippen LogP contribution is -3.00. The van der Waals surface area contributed by atoms with Gasteiger partial charge in [0.05, 0.1) is 0 Å². The maximum atomic E-state index is 12.1. The van der Waals surface area contributed by atoms with Gasteiger partial charge < -0.3 is 194 Å². The van der Waals surface area contributed by atoms with Gasteiger partial charge in [0.2, 0.25) is 0 Å². The number of ether oxygens (including phenoxy) is 10. The van der Waals surface area contributed by atoms with Crippen LogP contribution in [0.5, 0.6) is 57.5 Å². The van der Waals surface area contributed by atoms with Crippen molar-refractivity contribution in [2.45, 2.75) is 71.9 Å². The number of nitrogens with zero attached hydrogens (tertiary/aromatic N) is 2. The first kappa shape index (κ1) is 114. The first-order chi connectivity index (χ1) is 49.0. The van der Waals surface area contributed by atoms with Crippen molar-refractivity contribution in [3.05, 3.63) is 176 Å². The molecule has 115 heavy (non-hydrogen) atoms. The first-order valence-corrected chi connectivity index (χ1v) is 31.2.